The second-order valence-electron chi connectivity index (χ2n) is 3.42. The molecule has 1 atom stereocenters. The van der Waals surface area contributed by atoms with E-state index in [1.165, 1.54) is 19.0 Å². The van der Waals surface area contributed by atoms with Crippen molar-refractivity contribution in [1.82, 2.24) is 10.3 Å². The van der Waals surface area contributed by atoms with Gasteiger partial charge in [-0.1, -0.05) is 6.42 Å². The molecule has 1 aromatic rings. The van der Waals surface area contributed by atoms with Gasteiger partial charge in [0, 0.05) is 17.8 Å². The van der Waals surface area contributed by atoms with Crippen LogP contribution in [-0.4, -0.2) is 11.5 Å². The van der Waals surface area contributed by atoms with Crippen LogP contribution < -0.4 is 5.32 Å². The highest BCUT2D eigenvalue weighted by molar-refractivity contribution is 5.31. The molecule has 13 heavy (non-hydrogen) atoms. The quantitative estimate of drug-likeness (QED) is 0.713. The average Bonchev–Trinajstić information content (AvgIpc) is 2.20. The van der Waals surface area contributed by atoms with Gasteiger partial charge in [0.05, 0.1) is 6.20 Å². The second kappa shape index (κ2) is 3.75. The Kier molecular flexibility index (Phi) is 2.45. The van der Waals surface area contributed by atoms with E-state index in [0.717, 1.165) is 18.5 Å². The molecule has 3 heteroatoms. The van der Waals surface area contributed by atoms with Crippen LogP contribution in [0, 0.1) is 0 Å². The summed E-state index contributed by atoms with van der Waals surface area (Å²) in [6.07, 6.45) is 6.58. The van der Waals surface area contributed by atoms with E-state index in [1.54, 1.807) is 6.20 Å². The van der Waals surface area contributed by atoms with Gasteiger partial charge in [0.1, 0.15) is 0 Å². The maximum atomic E-state index is 11.4. The van der Waals surface area contributed by atoms with E-state index >= 15 is 0 Å². The van der Waals surface area contributed by atoms with E-state index in [4.69, 9.17) is 0 Å². The SMILES string of the molecule is [O]c1cnccc1C1CCCCN1. The van der Waals surface area contributed by atoms with Gasteiger partial charge in [-0.3, -0.25) is 10.1 Å². The number of hydrogen-bond donors (Lipinski definition) is 1. The standard InChI is InChI=1S/C10H13N2O/c13-10-7-11-6-4-8(10)9-3-1-2-5-12-9/h4,6-7,9,12H,1-3,5H2. The third-order valence-corrected chi connectivity index (χ3v) is 2.50. The van der Waals surface area contributed by atoms with E-state index in [1.807, 2.05) is 6.07 Å². The Hall–Kier alpha value is -1.09. The third kappa shape index (κ3) is 1.80. The van der Waals surface area contributed by atoms with Crippen molar-refractivity contribution in [2.45, 2.75) is 25.3 Å². The smallest absolute Gasteiger partial charge is 0.201 e. The maximum Gasteiger partial charge on any atom is 0.201 e. The minimum Gasteiger partial charge on any atom is -0.310 e. The number of hydrogen-bond acceptors (Lipinski definition) is 2. The molecule has 0 saturated carbocycles. The lowest BCUT2D eigenvalue weighted by Crippen LogP contribution is -2.26. The van der Waals surface area contributed by atoms with Gasteiger partial charge in [-0.05, 0) is 25.5 Å². The molecule has 1 aliphatic rings. The van der Waals surface area contributed by atoms with E-state index < -0.39 is 0 Å². The fourth-order valence-corrected chi connectivity index (χ4v) is 1.80. The van der Waals surface area contributed by atoms with Crippen LogP contribution in [-0.2, 0) is 5.11 Å². The van der Waals surface area contributed by atoms with E-state index in [9.17, 15) is 5.11 Å². The normalized spacial score (nSPS) is 22.9. The van der Waals surface area contributed by atoms with E-state index in [-0.39, 0.29) is 11.8 Å². The Balaban J connectivity index is 2.18. The van der Waals surface area contributed by atoms with Crippen LogP contribution in [0.15, 0.2) is 18.5 Å². The zero-order valence-electron chi connectivity index (χ0n) is 7.49. The molecule has 0 spiro atoms. The molecule has 1 aromatic heterocycles. The molecular formula is C10H13N2O. The molecule has 2 rings (SSSR count). The Morgan fingerprint density at radius 3 is 3.08 bits per heavy atom. The highest BCUT2D eigenvalue weighted by Crippen LogP contribution is 2.28. The van der Waals surface area contributed by atoms with Crippen molar-refractivity contribution < 1.29 is 5.11 Å². The lowest BCUT2D eigenvalue weighted by molar-refractivity contribution is 0.330. The molecule has 1 saturated heterocycles. The molecule has 0 aliphatic carbocycles. The van der Waals surface area contributed by atoms with Gasteiger partial charge >= 0.3 is 0 Å². The monoisotopic (exact) mass is 177 g/mol. The van der Waals surface area contributed by atoms with Crippen molar-refractivity contribution in [3.63, 3.8) is 0 Å². The van der Waals surface area contributed by atoms with Gasteiger partial charge in [0.15, 0.2) is 0 Å². The summed E-state index contributed by atoms with van der Waals surface area (Å²) in [6.45, 7) is 1.02. The minimum absolute atomic E-state index is 0.0573. The van der Waals surface area contributed by atoms with Crippen LogP contribution in [0.25, 0.3) is 0 Å². The number of nitrogens with one attached hydrogen (secondary N) is 1. The number of nitrogens with zero attached hydrogens (tertiary/aromatic N) is 1. The molecule has 0 amide bonds. The molecule has 1 unspecified atom stereocenters. The van der Waals surface area contributed by atoms with Gasteiger partial charge in [-0.25, -0.2) is 0 Å². The van der Waals surface area contributed by atoms with Gasteiger partial charge in [-0.15, -0.1) is 0 Å². The van der Waals surface area contributed by atoms with Crippen LogP contribution in [0.4, 0.5) is 0 Å². The lowest BCUT2D eigenvalue weighted by Gasteiger charge is -2.23. The molecule has 2 heterocycles. The fourth-order valence-electron chi connectivity index (χ4n) is 1.80. The van der Waals surface area contributed by atoms with Crippen molar-refractivity contribution in [3.05, 3.63) is 24.0 Å². The predicted octanol–water partition coefficient (Wildman–Crippen LogP) is 2.04. The van der Waals surface area contributed by atoms with Crippen LogP contribution in [0.2, 0.25) is 0 Å². The number of aromatic nitrogens is 1. The molecule has 69 valence electrons. The molecular weight excluding hydrogens is 164 g/mol. The topological polar surface area (TPSA) is 44.8 Å². The van der Waals surface area contributed by atoms with Crippen molar-refractivity contribution in [2.24, 2.45) is 0 Å². The van der Waals surface area contributed by atoms with E-state index in [0.29, 0.717) is 0 Å². The van der Waals surface area contributed by atoms with Gasteiger partial charge < -0.3 is 5.32 Å². The molecule has 1 radical (unpaired) electrons. The summed E-state index contributed by atoms with van der Waals surface area (Å²) in [5.74, 6) is 0.0573. The zero-order chi connectivity index (χ0) is 9.10. The van der Waals surface area contributed by atoms with Crippen LogP contribution in [0.3, 0.4) is 0 Å². The van der Waals surface area contributed by atoms with Crippen molar-refractivity contribution >= 4 is 0 Å². The Morgan fingerprint density at radius 2 is 2.38 bits per heavy atom. The van der Waals surface area contributed by atoms with Crippen LogP contribution >= 0.6 is 0 Å². The molecule has 1 fully saturated rings. The Labute approximate surface area is 77.8 Å². The molecule has 3 nitrogen and oxygen atoms in total. The number of piperidine rings is 1. The molecule has 0 aromatic carbocycles. The fraction of sp³-hybridized carbons (Fsp3) is 0.500. The number of rotatable bonds is 1. The third-order valence-electron chi connectivity index (χ3n) is 2.50. The molecule has 1 N–H and O–H groups in total. The maximum absolute atomic E-state index is 11.4. The predicted molar refractivity (Wildman–Crippen MR) is 49.0 cm³/mol. The summed E-state index contributed by atoms with van der Waals surface area (Å²) in [4.78, 5) is 3.80. The van der Waals surface area contributed by atoms with Gasteiger partial charge in [0.2, 0.25) is 5.75 Å². The Morgan fingerprint density at radius 1 is 1.46 bits per heavy atom. The second-order valence-corrected chi connectivity index (χ2v) is 3.42. The van der Waals surface area contributed by atoms with Gasteiger partial charge in [0.25, 0.3) is 0 Å². The van der Waals surface area contributed by atoms with Crippen LogP contribution in [0.5, 0.6) is 5.75 Å². The summed E-state index contributed by atoms with van der Waals surface area (Å²) in [5, 5.41) is 14.8. The first-order chi connectivity index (χ1) is 6.38. The highest BCUT2D eigenvalue weighted by atomic mass is 16.3. The first kappa shape index (κ1) is 8.51. The van der Waals surface area contributed by atoms with Gasteiger partial charge in [-0.2, -0.15) is 0 Å². The van der Waals surface area contributed by atoms with Crippen molar-refractivity contribution in [1.29, 1.82) is 0 Å². The number of pyridine rings is 1. The summed E-state index contributed by atoms with van der Waals surface area (Å²) in [7, 11) is 0. The summed E-state index contributed by atoms with van der Waals surface area (Å²) in [6, 6.07) is 2.08. The summed E-state index contributed by atoms with van der Waals surface area (Å²) in [5.41, 5.74) is 0.870. The van der Waals surface area contributed by atoms with E-state index in [2.05, 4.69) is 10.3 Å². The molecule has 0 bridgehead atoms. The largest absolute Gasteiger partial charge is 0.310 e. The highest BCUT2D eigenvalue weighted by Gasteiger charge is 2.17. The lowest BCUT2D eigenvalue weighted by atomic mass is 9.98. The van der Waals surface area contributed by atoms with Crippen molar-refractivity contribution in [3.8, 4) is 5.75 Å². The first-order valence-corrected chi connectivity index (χ1v) is 4.72. The first-order valence-electron chi connectivity index (χ1n) is 4.72. The zero-order valence-corrected chi connectivity index (χ0v) is 7.49. The van der Waals surface area contributed by atoms with Crippen molar-refractivity contribution in [2.75, 3.05) is 6.54 Å². The summed E-state index contributed by atoms with van der Waals surface area (Å²) < 4.78 is 0. The minimum atomic E-state index is 0.0573. The Bertz CT molecular complexity index is 282. The van der Waals surface area contributed by atoms with Crippen LogP contribution in [0.1, 0.15) is 30.9 Å². The molecule has 1 aliphatic heterocycles. The average molecular weight is 177 g/mol. The summed E-state index contributed by atoms with van der Waals surface area (Å²) >= 11 is 0.